The Balaban J connectivity index is 2.16. The van der Waals surface area contributed by atoms with E-state index in [4.69, 9.17) is 0 Å². The third-order valence-corrected chi connectivity index (χ3v) is 3.99. The molecule has 2 unspecified atom stereocenters. The minimum absolute atomic E-state index is 0.599. The van der Waals surface area contributed by atoms with Crippen LogP contribution in [0, 0.1) is 23.7 Å². The van der Waals surface area contributed by atoms with Crippen molar-refractivity contribution in [2.45, 2.75) is 0 Å². The van der Waals surface area contributed by atoms with Crippen LogP contribution in [0.2, 0.25) is 0 Å². The maximum absolute atomic E-state index is 2.50. The molecule has 0 aromatic rings. The van der Waals surface area contributed by atoms with Crippen molar-refractivity contribution in [2.75, 3.05) is 0 Å². The quantitative estimate of drug-likeness (QED) is 0.461. The van der Waals surface area contributed by atoms with Crippen LogP contribution in [-0.2, 0) is 0 Å². The molecule has 0 amide bonds. The maximum Gasteiger partial charge on any atom is 0.0138 e. The SMILES string of the molecule is IC1=CC2C=CC3C(C=C2)C13. The lowest BCUT2D eigenvalue weighted by molar-refractivity contribution is 0.993. The largest absolute Gasteiger partial charge is 0.0833 e. The van der Waals surface area contributed by atoms with Gasteiger partial charge in [0.2, 0.25) is 0 Å². The summed E-state index contributed by atoms with van der Waals surface area (Å²) in [6, 6.07) is 0. The van der Waals surface area contributed by atoms with E-state index in [1.54, 1.807) is 3.58 Å². The second-order valence-electron chi connectivity index (χ2n) is 3.58. The molecule has 0 aromatic carbocycles. The first-order chi connectivity index (χ1) is 5.36. The molecule has 0 spiro atoms. The number of halogens is 1. The summed E-state index contributed by atoms with van der Waals surface area (Å²) < 4.78 is 1.58. The van der Waals surface area contributed by atoms with Gasteiger partial charge < -0.3 is 0 Å². The molecule has 0 aliphatic heterocycles. The molecule has 4 rings (SSSR count). The van der Waals surface area contributed by atoms with Gasteiger partial charge in [0.05, 0.1) is 0 Å². The molecule has 0 saturated heterocycles. The van der Waals surface area contributed by atoms with Crippen LogP contribution >= 0.6 is 22.6 Å². The first-order valence-electron chi connectivity index (χ1n) is 4.10. The van der Waals surface area contributed by atoms with Gasteiger partial charge in [-0.05, 0) is 38.0 Å². The number of hydrogen-bond acceptors (Lipinski definition) is 0. The molecule has 1 fully saturated rings. The van der Waals surface area contributed by atoms with Crippen LogP contribution in [0.1, 0.15) is 0 Å². The molecule has 4 aliphatic rings. The maximum atomic E-state index is 2.50. The van der Waals surface area contributed by atoms with E-state index >= 15 is 0 Å². The summed E-state index contributed by atoms with van der Waals surface area (Å²) in [4.78, 5) is 0. The van der Waals surface area contributed by atoms with Crippen LogP contribution in [-0.4, -0.2) is 0 Å². The molecule has 0 nitrogen and oxygen atoms in total. The highest BCUT2D eigenvalue weighted by Gasteiger charge is 2.50. The smallest absolute Gasteiger partial charge is 0.0138 e. The van der Waals surface area contributed by atoms with Crippen molar-refractivity contribution >= 4 is 22.6 Å². The van der Waals surface area contributed by atoms with Gasteiger partial charge in [0.25, 0.3) is 0 Å². The van der Waals surface area contributed by atoms with E-state index in [0.29, 0.717) is 5.92 Å². The molecule has 0 N–H and O–H groups in total. The Morgan fingerprint density at radius 2 is 1.64 bits per heavy atom. The van der Waals surface area contributed by atoms with Gasteiger partial charge in [0.1, 0.15) is 0 Å². The molecular formula is C10H9I. The van der Waals surface area contributed by atoms with Gasteiger partial charge in [-0.25, -0.2) is 0 Å². The molecule has 2 atom stereocenters. The first-order valence-corrected chi connectivity index (χ1v) is 5.18. The summed E-state index contributed by atoms with van der Waals surface area (Å²) in [5.41, 5.74) is 0. The lowest BCUT2D eigenvalue weighted by Gasteiger charge is -1.96. The summed E-state index contributed by atoms with van der Waals surface area (Å²) in [6.07, 6.45) is 11.9. The number of allylic oxidation sites excluding steroid dienone is 6. The third kappa shape index (κ3) is 0.805. The minimum Gasteiger partial charge on any atom is -0.0833 e. The van der Waals surface area contributed by atoms with Gasteiger partial charge >= 0.3 is 0 Å². The van der Waals surface area contributed by atoms with Crippen LogP contribution in [0.3, 0.4) is 0 Å². The highest BCUT2D eigenvalue weighted by molar-refractivity contribution is 14.1. The van der Waals surface area contributed by atoms with Crippen molar-refractivity contribution < 1.29 is 0 Å². The highest BCUT2D eigenvalue weighted by Crippen LogP contribution is 2.57. The Morgan fingerprint density at radius 1 is 1.00 bits per heavy atom. The van der Waals surface area contributed by atoms with Crippen LogP contribution in [0.5, 0.6) is 0 Å². The van der Waals surface area contributed by atoms with Gasteiger partial charge in [-0.15, -0.1) is 0 Å². The van der Waals surface area contributed by atoms with Crippen LogP contribution in [0.15, 0.2) is 34.0 Å². The van der Waals surface area contributed by atoms with E-state index in [0.717, 1.165) is 17.8 Å². The molecule has 11 heavy (non-hydrogen) atoms. The Labute approximate surface area is 80.2 Å². The fourth-order valence-corrected chi connectivity index (χ4v) is 3.45. The summed E-state index contributed by atoms with van der Waals surface area (Å²) in [5.74, 6) is 3.15. The van der Waals surface area contributed by atoms with Crippen LogP contribution in [0.4, 0.5) is 0 Å². The Bertz CT molecular complexity index is 265. The van der Waals surface area contributed by atoms with E-state index in [2.05, 4.69) is 53.0 Å². The Kier molecular flexibility index (Phi) is 1.18. The molecule has 0 heterocycles. The number of rotatable bonds is 0. The summed E-state index contributed by atoms with van der Waals surface area (Å²) in [6.45, 7) is 0. The summed E-state index contributed by atoms with van der Waals surface area (Å²) in [7, 11) is 0. The first kappa shape index (κ1) is 6.46. The van der Waals surface area contributed by atoms with Crippen molar-refractivity contribution in [3.05, 3.63) is 34.0 Å². The Hall–Kier alpha value is -0.0500. The topological polar surface area (TPSA) is 0 Å². The molecule has 4 bridgehead atoms. The van der Waals surface area contributed by atoms with Crippen molar-refractivity contribution in [1.82, 2.24) is 0 Å². The second-order valence-corrected chi connectivity index (χ2v) is 4.82. The van der Waals surface area contributed by atoms with Gasteiger partial charge in [-0.3, -0.25) is 0 Å². The van der Waals surface area contributed by atoms with Crippen LogP contribution < -0.4 is 0 Å². The minimum atomic E-state index is 0.599. The third-order valence-electron chi connectivity index (χ3n) is 2.91. The average Bonchev–Trinajstić information content (AvgIpc) is 2.64. The van der Waals surface area contributed by atoms with E-state index in [1.165, 1.54) is 0 Å². The zero-order valence-electron chi connectivity index (χ0n) is 6.07. The van der Waals surface area contributed by atoms with E-state index in [9.17, 15) is 0 Å². The monoisotopic (exact) mass is 256 g/mol. The standard InChI is InChI=1S/C10H9I/c11-9-5-6-1-3-7-8(4-2-6)10(7)9/h1-8,10H. The van der Waals surface area contributed by atoms with Crippen molar-refractivity contribution in [2.24, 2.45) is 23.7 Å². The van der Waals surface area contributed by atoms with Crippen LogP contribution in [0.25, 0.3) is 0 Å². The molecule has 56 valence electrons. The summed E-state index contributed by atoms with van der Waals surface area (Å²) in [5, 5.41) is 0. The van der Waals surface area contributed by atoms with E-state index in [-0.39, 0.29) is 0 Å². The predicted molar refractivity (Wildman–Crippen MR) is 54.3 cm³/mol. The summed E-state index contributed by atoms with van der Waals surface area (Å²) >= 11 is 2.50. The van der Waals surface area contributed by atoms with Gasteiger partial charge in [0.15, 0.2) is 0 Å². The normalized spacial score (nSPS) is 50.1. The van der Waals surface area contributed by atoms with E-state index in [1.807, 2.05) is 0 Å². The molecule has 0 aromatic heterocycles. The fourth-order valence-electron chi connectivity index (χ4n) is 2.21. The van der Waals surface area contributed by atoms with Gasteiger partial charge in [-0.1, -0.05) is 30.4 Å². The lowest BCUT2D eigenvalue weighted by atomic mass is 10.1. The highest BCUT2D eigenvalue weighted by atomic mass is 127. The van der Waals surface area contributed by atoms with E-state index < -0.39 is 0 Å². The second kappa shape index (κ2) is 2.00. The molecular weight excluding hydrogens is 247 g/mol. The van der Waals surface area contributed by atoms with Gasteiger partial charge in [0, 0.05) is 11.8 Å². The lowest BCUT2D eigenvalue weighted by Crippen LogP contribution is -1.82. The molecule has 1 heteroatoms. The van der Waals surface area contributed by atoms with Crippen molar-refractivity contribution in [3.63, 3.8) is 0 Å². The number of hydrogen-bond donors (Lipinski definition) is 0. The van der Waals surface area contributed by atoms with Crippen molar-refractivity contribution in [1.29, 1.82) is 0 Å². The Morgan fingerprint density at radius 3 is 2.27 bits per heavy atom. The molecule has 4 aliphatic carbocycles. The van der Waals surface area contributed by atoms with Gasteiger partial charge in [-0.2, -0.15) is 0 Å². The zero-order chi connectivity index (χ0) is 7.42. The average molecular weight is 256 g/mol. The fraction of sp³-hybridized carbons (Fsp3) is 0.400. The predicted octanol–water partition coefficient (Wildman–Crippen LogP) is 2.92. The molecule has 1 saturated carbocycles. The van der Waals surface area contributed by atoms with Crippen molar-refractivity contribution in [3.8, 4) is 0 Å². The molecule has 0 radical (unpaired) electrons. The zero-order valence-corrected chi connectivity index (χ0v) is 8.23.